The Kier molecular flexibility index (Phi) is 5.44. The van der Waals surface area contributed by atoms with Crippen molar-refractivity contribution in [1.82, 2.24) is 9.97 Å². The number of hydrogen-bond acceptors (Lipinski definition) is 5. The van der Waals surface area contributed by atoms with Crippen LogP contribution in [0.5, 0.6) is 0 Å². The van der Waals surface area contributed by atoms with E-state index in [0.717, 1.165) is 23.4 Å². The molecule has 0 radical (unpaired) electrons. The third-order valence-electron chi connectivity index (χ3n) is 3.73. The zero-order chi connectivity index (χ0) is 16.1. The first kappa shape index (κ1) is 16.4. The Hall–Kier alpha value is -2.01. The molecule has 5 heteroatoms. The van der Waals surface area contributed by atoms with Crippen molar-refractivity contribution in [1.29, 1.82) is 0 Å². The Balaban J connectivity index is 2.45. The molecule has 0 saturated heterocycles. The van der Waals surface area contributed by atoms with Gasteiger partial charge in [0, 0.05) is 13.5 Å². The molecule has 1 aliphatic rings. The van der Waals surface area contributed by atoms with Gasteiger partial charge in [-0.1, -0.05) is 31.6 Å². The van der Waals surface area contributed by atoms with Crippen LogP contribution >= 0.6 is 0 Å². The predicted molar refractivity (Wildman–Crippen MR) is 84.5 cm³/mol. The number of nitrogens with zero attached hydrogens (tertiary/aromatic N) is 2. The first-order chi connectivity index (χ1) is 10.6. The summed E-state index contributed by atoms with van der Waals surface area (Å²) < 4.78 is 9.90. The fraction of sp³-hybridized carbons (Fsp3) is 0.471. The number of hydrogen-bond donors (Lipinski definition) is 0. The normalized spacial score (nSPS) is 14.0. The highest BCUT2D eigenvalue weighted by Crippen LogP contribution is 2.27. The van der Waals surface area contributed by atoms with E-state index in [1.165, 1.54) is 18.9 Å². The molecule has 5 nitrogen and oxygen atoms in total. The van der Waals surface area contributed by atoms with Gasteiger partial charge >= 0.3 is 5.97 Å². The molecule has 0 fully saturated rings. The molecule has 0 aromatic carbocycles. The van der Waals surface area contributed by atoms with Crippen LogP contribution < -0.4 is 0 Å². The highest BCUT2D eigenvalue weighted by Gasteiger charge is 2.19. The van der Waals surface area contributed by atoms with Crippen molar-refractivity contribution in [3.63, 3.8) is 0 Å². The SMILES string of the molecule is COCCC1=CC=C(C(C)C)Cc2nc(C(=O)OC)cnc21. The average Bonchev–Trinajstić information content (AvgIpc) is 2.71. The molecular formula is C17H22N2O3. The summed E-state index contributed by atoms with van der Waals surface area (Å²) in [5.41, 5.74) is 4.26. The van der Waals surface area contributed by atoms with Crippen LogP contribution in [0.3, 0.4) is 0 Å². The zero-order valence-electron chi connectivity index (χ0n) is 13.5. The average molecular weight is 302 g/mol. The van der Waals surface area contributed by atoms with Crippen molar-refractivity contribution in [3.05, 3.63) is 41.0 Å². The maximum atomic E-state index is 11.7. The topological polar surface area (TPSA) is 61.3 Å². The summed E-state index contributed by atoms with van der Waals surface area (Å²) in [6.07, 6.45) is 7.16. The number of esters is 1. The smallest absolute Gasteiger partial charge is 0.358 e. The maximum absolute atomic E-state index is 11.7. The van der Waals surface area contributed by atoms with Crippen LogP contribution in [0.1, 0.15) is 42.1 Å². The number of carbonyl (C=O) groups excluding carboxylic acids is 1. The van der Waals surface area contributed by atoms with Crippen molar-refractivity contribution >= 4 is 11.5 Å². The standard InChI is InChI=1S/C17H22N2O3/c1-11(2)13-6-5-12(7-8-21-3)16-14(9-13)19-15(10-18-16)17(20)22-4/h5-6,10-11H,7-9H2,1-4H3. The van der Waals surface area contributed by atoms with Crippen LogP contribution in [0.25, 0.3) is 5.57 Å². The minimum Gasteiger partial charge on any atom is -0.464 e. The first-order valence-electron chi connectivity index (χ1n) is 7.40. The lowest BCUT2D eigenvalue weighted by atomic mass is 9.98. The van der Waals surface area contributed by atoms with Gasteiger partial charge < -0.3 is 9.47 Å². The molecule has 0 N–H and O–H groups in total. The number of methoxy groups -OCH3 is 2. The molecule has 0 amide bonds. The van der Waals surface area contributed by atoms with Crippen LogP contribution in [0.4, 0.5) is 0 Å². The highest BCUT2D eigenvalue weighted by atomic mass is 16.5. The number of allylic oxidation sites excluding steroid dienone is 3. The molecule has 1 aromatic rings. The zero-order valence-corrected chi connectivity index (χ0v) is 13.5. The van der Waals surface area contributed by atoms with E-state index in [2.05, 4.69) is 36.0 Å². The molecule has 0 aliphatic heterocycles. The third-order valence-corrected chi connectivity index (χ3v) is 3.73. The molecule has 2 rings (SSSR count). The molecule has 0 atom stereocenters. The minimum atomic E-state index is -0.461. The maximum Gasteiger partial charge on any atom is 0.358 e. The number of aromatic nitrogens is 2. The first-order valence-corrected chi connectivity index (χ1v) is 7.40. The van der Waals surface area contributed by atoms with Crippen molar-refractivity contribution in [2.75, 3.05) is 20.8 Å². The van der Waals surface area contributed by atoms with E-state index in [0.29, 0.717) is 18.9 Å². The third kappa shape index (κ3) is 3.60. The number of carbonyl (C=O) groups is 1. The largest absolute Gasteiger partial charge is 0.464 e. The molecule has 0 unspecified atom stereocenters. The van der Waals surface area contributed by atoms with E-state index >= 15 is 0 Å². The Labute approximate surface area is 131 Å². The van der Waals surface area contributed by atoms with E-state index in [-0.39, 0.29) is 5.69 Å². The monoisotopic (exact) mass is 302 g/mol. The number of rotatable bonds is 5. The molecule has 0 saturated carbocycles. The van der Waals surface area contributed by atoms with Gasteiger partial charge in [-0.25, -0.2) is 9.78 Å². The summed E-state index contributed by atoms with van der Waals surface area (Å²) in [5.74, 6) is -0.0495. The van der Waals surface area contributed by atoms with Gasteiger partial charge in [0.15, 0.2) is 5.69 Å². The lowest BCUT2D eigenvalue weighted by Crippen LogP contribution is -2.11. The molecule has 0 spiro atoms. The van der Waals surface area contributed by atoms with E-state index in [1.807, 2.05) is 0 Å². The molecular weight excluding hydrogens is 280 g/mol. The predicted octanol–water partition coefficient (Wildman–Crippen LogP) is 2.82. The fourth-order valence-electron chi connectivity index (χ4n) is 2.37. The van der Waals surface area contributed by atoms with E-state index in [9.17, 15) is 4.79 Å². The molecule has 1 aromatic heterocycles. The highest BCUT2D eigenvalue weighted by molar-refractivity contribution is 5.87. The fourth-order valence-corrected chi connectivity index (χ4v) is 2.37. The van der Waals surface area contributed by atoms with Crippen molar-refractivity contribution < 1.29 is 14.3 Å². The van der Waals surface area contributed by atoms with Gasteiger partial charge in [-0.2, -0.15) is 0 Å². The summed E-state index contributed by atoms with van der Waals surface area (Å²) >= 11 is 0. The summed E-state index contributed by atoms with van der Waals surface area (Å²) in [5, 5.41) is 0. The van der Waals surface area contributed by atoms with Crippen LogP contribution in [-0.4, -0.2) is 36.8 Å². The van der Waals surface area contributed by atoms with Crippen LogP contribution in [0.2, 0.25) is 0 Å². The van der Waals surface area contributed by atoms with Gasteiger partial charge in [0.1, 0.15) is 0 Å². The molecule has 22 heavy (non-hydrogen) atoms. The second-order valence-electron chi connectivity index (χ2n) is 5.55. The number of fused-ring (bicyclic) bond motifs is 1. The number of ether oxygens (including phenoxy) is 2. The molecule has 1 aliphatic carbocycles. The molecule has 118 valence electrons. The van der Waals surface area contributed by atoms with Gasteiger partial charge in [-0.05, 0) is 17.9 Å². The van der Waals surface area contributed by atoms with Crippen molar-refractivity contribution in [3.8, 4) is 0 Å². The Morgan fingerprint density at radius 1 is 1.32 bits per heavy atom. The van der Waals surface area contributed by atoms with Gasteiger partial charge in [-0.15, -0.1) is 0 Å². The van der Waals surface area contributed by atoms with E-state index in [1.54, 1.807) is 7.11 Å². The van der Waals surface area contributed by atoms with Gasteiger partial charge in [0.25, 0.3) is 0 Å². The lowest BCUT2D eigenvalue weighted by molar-refractivity contribution is 0.0593. The van der Waals surface area contributed by atoms with Crippen molar-refractivity contribution in [2.45, 2.75) is 26.7 Å². The second kappa shape index (κ2) is 7.31. The van der Waals surface area contributed by atoms with Crippen LogP contribution in [-0.2, 0) is 15.9 Å². The van der Waals surface area contributed by atoms with Gasteiger partial charge in [0.05, 0.1) is 31.3 Å². The van der Waals surface area contributed by atoms with Gasteiger partial charge in [-0.3, -0.25) is 4.98 Å². The molecule has 1 heterocycles. The quantitative estimate of drug-likeness (QED) is 0.783. The summed E-state index contributed by atoms with van der Waals surface area (Å²) in [6.45, 7) is 4.92. The van der Waals surface area contributed by atoms with Crippen molar-refractivity contribution in [2.24, 2.45) is 5.92 Å². The summed E-state index contributed by atoms with van der Waals surface area (Å²) in [7, 11) is 3.03. The Bertz CT molecular complexity index is 618. The van der Waals surface area contributed by atoms with E-state index in [4.69, 9.17) is 9.47 Å². The van der Waals surface area contributed by atoms with E-state index < -0.39 is 5.97 Å². The van der Waals surface area contributed by atoms with Crippen LogP contribution in [0.15, 0.2) is 23.9 Å². The van der Waals surface area contributed by atoms with Gasteiger partial charge in [0.2, 0.25) is 0 Å². The van der Waals surface area contributed by atoms with Crippen LogP contribution in [0, 0.1) is 5.92 Å². The lowest BCUT2D eigenvalue weighted by Gasteiger charge is -2.12. The minimum absolute atomic E-state index is 0.248. The Morgan fingerprint density at radius 3 is 2.73 bits per heavy atom. The summed E-state index contributed by atoms with van der Waals surface area (Å²) in [4.78, 5) is 20.6. The molecule has 0 bridgehead atoms. The Morgan fingerprint density at radius 2 is 2.09 bits per heavy atom. The summed E-state index contributed by atoms with van der Waals surface area (Å²) in [6, 6.07) is 0. The second-order valence-corrected chi connectivity index (χ2v) is 5.55.